The number of carbonyl (C=O) groups is 2. The number of rotatable bonds is 3. The molecule has 0 saturated carbocycles. The number of likely N-dealkylation sites (tertiary alicyclic amines) is 1. The van der Waals surface area contributed by atoms with E-state index in [-0.39, 0.29) is 23.9 Å². The van der Waals surface area contributed by atoms with E-state index in [9.17, 15) is 9.59 Å². The maximum atomic E-state index is 12.9. The molecule has 0 aliphatic carbocycles. The zero-order valence-corrected chi connectivity index (χ0v) is 13.7. The summed E-state index contributed by atoms with van der Waals surface area (Å²) in [6.45, 7) is 3.07. The third-order valence-corrected chi connectivity index (χ3v) is 5.45. The van der Waals surface area contributed by atoms with Crippen LogP contribution in [0, 0.1) is 0 Å². The zero-order chi connectivity index (χ0) is 15.5. The molecule has 120 valence electrons. The molecular weight excluding hydrogens is 300 g/mol. The lowest BCUT2D eigenvalue weighted by Crippen LogP contribution is -2.54. The van der Waals surface area contributed by atoms with Crippen LogP contribution >= 0.6 is 11.8 Å². The van der Waals surface area contributed by atoms with E-state index < -0.39 is 0 Å². The topological polar surface area (TPSA) is 58.4 Å². The summed E-state index contributed by atoms with van der Waals surface area (Å²) in [6, 6.07) is 1.79. The molecule has 1 aromatic rings. The molecule has 3 rings (SSSR count). The summed E-state index contributed by atoms with van der Waals surface area (Å²) in [6.07, 6.45) is 6.89. The highest BCUT2D eigenvalue weighted by atomic mass is 32.2. The van der Waals surface area contributed by atoms with E-state index in [1.54, 1.807) is 29.8 Å². The first-order valence-electron chi connectivity index (χ1n) is 7.79. The summed E-state index contributed by atoms with van der Waals surface area (Å²) in [5, 5.41) is 4.25. The van der Waals surface area contributed by atoms with Crippen molar-refractivity contribution in [3.63, 3.8) is 0 Å². The van der Waals surface area contributed by atoms with Crippen LogP contribution in [-0.4, -0.2) is 61.7 Å². The number of thioether (sulfide) groups is 1. The first-order chi connectivity index (χ1) is 10.7. The lowest BCUT2D eigenvalue weighted by molar-refractivity contribution is -0.145. The van der Waals surface area contributed by atoms with Gasteiger partial charge in [-0.05, 0) is 25.3 Å². The molecule has 2 atom stereocenters. The lowest BCUT2D eigenvalue weighted by Gasteiger charge is -2.38. The first kappa shape index (κ1) is 15.4. The molecule has 2 amide bonds. The summed E-state index contributed by atoms with van der Waals surface area (Å²) in [4.78, 5) is 28.3. The lowest BCUT2D eigenvalue weighted by atomic mass is 10.0. The summed E-state index contributed by atoms with van der Waals surface area (Å²) >= 11 is 1.66. The Bertz CT molecular complexity index is 534. The predicted molar refractivity (Wildman–Crippen MR) is 85.2 cm³/mol. The molecule has 3 heterocycles. The molecule has 6 nitrogen and oxygen atoms in total. The molecular formula is C15H22N4O2S. The standard InChI is InChI=1S/C15H22N4O2S/c1-12(20)19-11-22-10-14(19)15(21)18-8-3-2-5-13(18)9-17-7-4-6-16-17/h4,6-7,13-14H,2-3,5,8-11H2,1H3/t13-,14-/m0/s1. The molecule has 1 aromatic heterocycles. The van der Waals surface area contributed by atoms with Crippen molar-refractivity contribution in [3.05, 3.63) is 18.5 Å². The van der Waals surface area contributed by atoms with Crippen LogP contribution in [0.2, 0.25) is 0 Å². The minimum atomic E-state index is -0.291. The maximum absolute atomic E-state index is 12.9. The molecule has 2 saturated heterocycles. The molecule has 0 N–H and O–H groups in total. The third kappa shape index (κ3) is 3.14. The smallest absolute Gasteiger partial charge is 0.246 e. The highest BCUT2D eigenvalue weighted by Crippen LogP contribution is 2.26. The maximum Gasteiger partial charge on any atom is 0.246 e. The quantitative estimate of drug-likeness (QED) is 0.839. The molecule has 2 aliphatic rings. The van der Waals surface area contributed by atoms with E-state index in [4.69, 9.17) is 0 Å². The van der Waals surface area contributed by atoms with Crippen LogP contribution in [0.1, 0.15) is 26.2 Å². The fourth-order valence-electron chi connectivity index (χ4n) is 3.25. The number of aromatic nitrogens is 2. The summed E-state index contributed by atoms with van der Waals surface area (Å²) < 4.78 is 1.89. The van der Waals surface area contributed by atoms with Crippen molar-refractivity contribution in [3.8, 4) is 0 Å². The normalized spacial score (nSPS) is 25.5. The number of amides is 2. The minimum Gasteiger partial charge on any atom is -0.336 e. The summed E-state index contributed by atoms with van der Waals surface area (Å²) in [5.41, 5.74) is 0. The summed E-state index contributed by atoms with van der Waals surface area (Å²) in [7, 11) is 0. The van der Waals surface area contributed by atoms with Crippen molar-refractivity contribution in [2.75, 3.05) is 18.2 Å². The second kappa shape index (κ2) is 6.73. The average Bonchev–Trinajstić information content (AvgIpc) is 3.18. The van der Waals surface area contributed by atoms with Gasteiger partial charge in [0.1, 0.15) is 6.04 Å². The largest absolute Gasteiger partial charge is 0.336 e. The van der Waals surface area contributed by atoms with Gasteiger partial charge in [-0.15, -0.1) is 11.8 Å². The van der Waals surface area contributed by atoms with E-state index in [1.165, 1.54) is 0 Å². The Morgan fingerprint density at radius 1 is 1.32 bits per heavy atom. The van der Waals surface area contributed by atoms with Crippen molar-refractivity contribution in [2.24, 2.45) is 0 Å². The van der Waals surface area contributed by atoms with Gasteiger partial charge in [0.25, 0.3) is 0 Å². The van der Waals surface area contributed by atoms with Gasteiger partial charge in [0.15, 0.2) is 0 Å². The molecule has 2 fully saturated rings. The number of piperidine rings is 1. The summed E-state index contributed by atoms with van der Waals surface area (Å²) in [5.74, 6) is 1.44. The van der Waals surface area contributed by atoms with Crippen molar-refractivity contribution >= 4 is 23.6 Å². The van der Waals surface area contributed by atoms with Gasteiger partial charge in [0.2, 0.25) is 11.8 Å². The van der Waals surface area contributed by atoms with Crippen LogP contribution in [-0.2, 0) is 16.1 Å². The average molecular weight is 322 g/mol. The van der Waals surface area contributed by atoms with Gasteiger partial charge in [-0.3, -0.25) is 14.3 Å². The van der Waals surface area contributed by atoms with Gasteiger partial charge in [-0.2, -0.15) is 5.10 Å². The second-order valence-electron chi connectivity index (χ2n) is 5.91. The SMILES string of the molecule is CC(=O)N1CSC[C@H]1C(=O)N1CCCC[C@H]1Cn1cccn1. The van der Waals surface area contributed by atoms with Crippen LogP contribution in [0.25, 0.3) is 0 Å². The molecule has 0 unspecified atom stereocenters. The van der Waals surface area contributed by atoms with E-state index >= 15 is 0 Å². The molecule has 0 radical (unpaired) electrons. The number of hydrogen-bond acceptors (Lipinski definition) is 4. The molecule has 0 aromatic carbocycles. The van der Waals surface area contributed by atoms with Crippen molar-refractivity contribution in [2.45, 2.75) is 44.8 Å². The van der Waals surface area contributed by atoms with Crippen LogP contribution in [0.4, 0.5) is 0 Å². The predicted octanol–water partition coefficient (Wildman–Crippen LogP) is 1.19. The Hall–Kier alpha value is -1.50. The molecule has 2 aliphatic heterocycles. The number of nitrogens with zero attached hydrogens (tertiary/aromatic N) is 4. The van der Waals surface area contributed by atoms with E-state index in [2.05, 4.69) is 5.10 Å². The van der Waals surface area contributed by atoms with Gasteiger partial charge in [0, 0.05) is 31.6 Å². The first-order valence-corrected chi connectivity index (χ1v) is 8.95. The van der Waals surface area contributed by atoms with E-state index in [1.807, 2.05) is 21.8 Å². The Morgan fingerprint density at radius 3 is 2.91 bits per heavy atom. The Balaban J connectivity index is 1.72. The fraction of sp³-hybridized carbons (Fsp3) is 0.667. The van der Waals surface area contributed by atoms with Crippen LogP contribution in [0.3, 0.4) is 0 Å². The third-order valence-electron chi connectivity index (χ3n) is 4.44. The second-order valence-corrected chi connectivity index (χ2v) is 6.91. The van der Waals surface area contributed by atoms with Gasteiger partial charge in [-0.1, -0.05) is 0 Å². The van der Waals surface area contributed by atoms with Crippen LogP contribution < -0.4 is 0 Å². The van der Waals surface area contributed by atoms with Crippen molar-refractivity contribution < 1.29 is 9.59 Å². The monoisotopic (exact) mass is 322 g/mol. The molecule has 0 bridgehead atoms. The van der Waals surface area contributed by atoms with Crippen molar-refractivity contribution in [1.29, 1.82) is 0 Å². The highest BCUT2D eigenvalue weighted by molar-refractivity contribution is 7.99. The van der Waals surface area contributed by atoms with Crippen LogP contribution in [0.15, 0.2) is 18.5 Å². The van der Waals surface area contributed by atoms with E-state index in [0.29, 0.717) is 11.6 Å². The Labute approximate surface area is 134 Å². The van der Waals surface area contributed by atoms with Crippen LogP contribution in [0.5, 0.6) is 0 Å². The highest BCUT2D eigenvalue weighted by Gasteiger charge is 2.38. The number of carbonyl (C=O) groups excluding carboxylic acids is 2. The fourth-order valence-corrected chi connectivity index (χ4v) is 4.46. The zero-order valence-electron chi connectivity index (χ0n) is 12.9. The van der Waals surface area contributed by atoms with Gasteiger partial charge in [-0.25, -0.2) is 0 Å². The molecule has 0 spiro atoms. The van der Waals surface area contributed by atoms with Gasteiger partial charge in [0.05, 0.1) is 18.5 Å². The number of hydrogen-bond donors (Lipinski definition) is 0. The molecule has 7 heteroatoms. The van der Waals surface area contributed by atoms with Crippen molar-refractivity contribution in [1.82, 2.24) is 19.6 Å². The van der Waals surface area contributed by atoms with Gasteiger partial charge >= 0.3 is 0 Å². The molecule has 22 heavy (non-hydrogen) atoms. The Kier molecular flexibility index (Phi) is 4.71. The Morgan fingerprint density at radius 2 is 2.18 bits per heavy atom. The van der Waals surface area contributed by atoms with E-state index in [0.717, 1.165) is 32.4 Å². The minimum absolute atomic E-state index is 0.0102. The van der Waals surface area contributed by atoms with Gasteiger partial charge < -0.3 is 9.80 Å².